The summed E-state index contributed by atoms with van der Waals surface area (Å²) < 4.78 is 5.03. The van der Waals surface area contributed by atoms with Crippen LogP contribution in [0.3, 0.4) is 0 Å². The van der Waals surface area contributed by atoms with Crippen molar-refractivity contribution in [2.45, 2.75) is 45.3 Å². The predicted octanol–water partition coefficient (Wildman–Crippen LogP) is -0.221. The molecule has 0 rings (SSSR count). The quantitative estimate of drug-likeness (QED) is 0.184. The Kier molecular flexibility index (Phi) is 7.84. The summed E-state index contributed by atoms with van der Waals surface area (Å²) in [4.78, 5) is 36.2. The summed E-state index contributed by atoms with van der Waals surface area (Å²) in [5.41, 5.74) is 9.84. The monoisotopic (exact) mass is 317 g/mol. The number of nitro groups is 1. The Hall–Kier alpha value is -2.39. The SMILES string of the molecule is CC(C)(C)OC(=O)NC(CCCN=C(N)C[N+](=O)[O-])C(N)=O. The average molecular weight is 317 g/mol. The lowest BCUT2D eigenvalue weighted by Gasteiger charge is -2.22. The Bertz CT molecular complexity index is 444. The number of amides is 2. The lowest BCUT2D eigenvalue weighted by molar-refractivity contribution is -0.463. The lowest BCUT2D eigenvalue weighted by atomic mass is 10.1. The minimum absolute atomic E-state index is 0.0965. The van der Waals surface area contributed by atoms with Gasteiger partial charge in [0.2, 0.25) is 5.91 Å². The van der Waals surface area contributed by atoms with Crippen LogP contribution < -0.4 is 16.8 Å². The molecule has 10 heteroatoms. The number of carbonyl (C=O) groups excluding carboxylic acids is 2. The van der Waals surface area contributed by atoms with Crippen LogP contribution in [0, 0.1) is 10.1 Å². The molecule has 22 heavy (non-hydrogen) atoms. The van der Waals surface area contributed by atoms with Gasteiger partial charge in [0.15, 0.2) is 5.84 Å². The Morgan fingerprint density at radius 3 is 2.41 bits per heavy atom. The molecule has 0 radical (unpaired) electrons. The van der Waals surface area contributed by atoms with E-state index in [-0.39, 0.29) is 18.8 Å². The van der Waals surface area contributed by atoms with Gasteiger partial charge in [0, 0.05) is 11.5 Å². The average Bonchev–Trinajstić information content (AvgIpc) is 2.29. The first-order chi connectivity index (χ1) is 10.0. The van der Waals surface area contributed by atoms with Gasteiger partial charge in [-0.15, -0.1) is 0 Å². The molecule has 5 N–H and O–H groups in total. The molecule has 0 aliphatic rings. The number of hydrogen-bond donors (Lipinski definition) is 3. The predicted molar refractivity (Wildman–Crippen MR) is 79.9 cm³/mol. The van der Waals surface area contributed by atoms with E-state index in [2.05, 4.69) is 10.3 Å². The van der Waals surface area contributed by atoms with Crippen molar-refractivity contribution < 1.29 is 19.2 Å². The minimum atomic E-state index is -0.901. The highest BCUT2D eigenvalue weighted by atomic mass is 16.6. The third-order valence-electron chi connectivity index (χ3n) is 2.29. The number of rotatable bonds is 8. The molecular weight excluding hydrogens is 294 g/mol. The number of hydrogen-bond acceptors (Lipinski definition) is 6. The van der Waals surface area contributed by atoms with Crippen LogP contribution in [0.1, 0.15) is 33.6 Å². The van der Waals surface area contributed by atoms with Crippen LogP contribution in [-0.2, 0) is 9.53 Å². The van der Waals surface area contributed by atoms with E-state index in [4.69, 9.17) is 16.2 Å². The van der Waals surface area contributed by atoms with Crippen molar-refractivity contribution in [3.63, 3.8) is 0 Å². The zero-order valence-electron chi connectivity index (χ0n) is 13.0. The van der Waals surface area contributed by atoms with Gasteiger partial charge in [-0.3, -0.25) is 19.9 Å². The Labute approximate surface area is 128 Å². The van der Waals surface area contributed by atoms with Crippen molar-refractivity contribution >= 4 is 17.8 Å². The van der Waals surface area contributed by atoms with E-state index < -0.39 is 35.1 Å². The van der Waals surface area contributed by atoms with Crippen molar-refractivity contribution in [2.24, 2.45) is 16.5 Å². The second-order valence-electron chi connectivity index (χ2n) is 5.61. The summed E-state index contributed by atoms with van der Waals surface area (Å²) >= 11 is 0. The minimum Gasteiger partial charge on any atom is -0.444 e. The highest BCUT2D eigenvalue weighted by Gasteiger charge is 2.22. The van der Waals surface area contributed by atoms with Crippen LogP contribution in [0.5, 0.6) is 0 Å². The van der Waals surface area contributed by atoms with E-state index in [0.29, 0.717) is 6.42 Å². The van der Waals surface area contributed by atoms with Crippen molar-refractivity contribution in [1.82, 2.24) is 5.32 Å². The standard InChI is InChI=1S/C12H23N5O5/c1-12(2,3)22-11(19)16-8(10(14)18)5-4-6-15-9(13)7-17(20)21/h8H,4-7H2,1-3H3,(H2,13,15)(H2,14,18)(H,16,19). The number of carbonyl (C=O) groups is 2. The summed E-state index contributed by atoms with van der Waals surface area (Å²) in [6.07, 6.45) is -0.140. The number of amidine groups is 1. The Morgan fingerprint density at radius 1 is 1.36 bits per heavy atom. The number of nitrogens with zero attached hydrogens (tertiary/aromatic N) is 2. The van der Waals surface area contributed by atoms with Crippen molar-refractivity contribution in [3.8, 4) is 0 Å². The number of aliphatic imine (C=N–C) groups is 1. The maximum atomic E-state index is 11.6. The molecule has 126 valence electrons. The lowest BCUT2D eigenvalue weighted by Crippen LogP contribution is -2.46. The van der Waals surface area contributed by atoms with Gasteiger partial charge in [-0.05, 0) is 33.6 Å². The molecule has 0 saturated heterocycles. The van der Waals surface area contributed by atoms with E-state index in [0.717, 1.165) is 0 Å². The highest BCUT2D eigenvalue weighted by Crippen LogP contribution is 2.07. The van der Waals surface area contributed by atoms with Gasteiger partial charge in [0.05, 0.1) is 0 Å². The van der Waals surface area contributed by atoms with Crippen LogP contribution in [0.15, 0.2) is 4.99 Å². The highest BCUT2D eigenvalue weighted by molar-refractivity contribution is 5.84. The van der Waals surface area contributed by atoms with Crippen LogP contribution in [0.4, 0.5) is 4.79 Å². The summed E-state index contributed by atoms with van der Waals surface area (Å²) in [6.45, 7) is 4.74. The Balaban J connectivity index is 4.29. The molecule has 0 aromatic carbocycles. The number of alkyl carbamates (subject to hydrolysis) is 1. The van der Waals surface area contributed by atoms with Crippen molar-refractivity contribution in [2.75, 3.05) is 13.1 Å². The second-order valence-corrected chi connectivity index (χ2v) is 5.61. The van der Waals surface area contributed by atoms with Crippen LogP contribution in [0.2, 0.25) is 0 Å². The molecule has 0 aromatic rings. The van der Waals surface area contributed by atoms with Gasteiger partial charge in [0.25, 0.3) is 6.54 Å². The Morgan fingerprint density at radius 2 is 1.95 bits per heavy atom. The van der Waals surface area contributed by atoms with Crippen LogP contribution in [-0.4, -0.2) is 47.5 Å². The molecule has 0 aromatic heterocycles. The molecule has 0 spiro atoms. The van der Waals surface area contributed by atoms with E-state index in [1.807, 2.05) is 0 Å². The third-order valence-corrected chi connectivity index (χ3v) is 2.29. The first-order valence-electron chi connectivity index (χ1n) is 6.70. The number of ether oxygens (including phenoxy) is 1. The number of primary amides is 1. The maximum Gasteiger partial charge on any atom is 0.408 e. The molecular formula is C12H23N5O5. The van der Waals surface area contributed by atoms with Crippen LogP contribution >= 0.6 is 0 Å². The van der Waals surface area contributed by atoms with E-state index in [1.54, 1.807) is 20.8 Å². The van der Waals surface area contributed by atoms with E-state index >= 15 is 0 Å². The number of nitrogens with one attached hydrogen (secondary N) is 1. The van der Waals surface area contributed by atoms with Crippen molar-refractivity contribution in [1.29, 1.82) is 0 Å². The van der Waals surface area contributed by atoms with Gasteiger partial charge in [-0.2, -0.15) is 0 Å². The first-order valence-corrected chi connectivity index (χ1v) is 6.70. The van der Waals surface area contributed by atoms with Gasteiger partial charge in [-0.25, -0.2) is 4.79 Å². The van der Waals surface area contributed by atoms with Crippen LogP contribution in [0.25, 0.3) is 0 Å². The van der Waals surface area contributed by atoms with Gasteiger partial charge in [0.1, 0.15) is 11.6 Å². The third kappa shape index (κ3) is 10.4. The molecule has 0 saturated carbocycles. The van der Waals surface area contributed by atoms with Gasteiger partial charge < -0.3 is 21.5 Å². The summed E-state index contributed by atoms with van der Waals surface area (Å²) in [6, 6.07) is -0.901. The largest absolute Gasteiger partial charge is 0.444 e. The smallest absolute Gasteiger partial charge is 0.408 e. The second kappa shape index (κ2) is 8.80. The topological polar surface area (TPSA) is 163 Å². The maximum absolute atomic E-state index is 11.6. The molecule has 2 amide bonds. The molecule has 1 unspecified atom stereocenters. The first kappa shape index (κ1) is 19.6. The fourth-order valence-electron chi connectivity index (χ4n) is 1.44. The molecule has 0 aliphatic carbocycles. The van der Waals surface area contributed by atoms with E-state index in [1.165, 1.54) is 0 Å². The molecule has 10 nitrogen and oxygen atoms in total. The molecule has 0 heterocycles. The fourth-order valence-corrected chi connectivity index (χ4v) is 1.44. The summed E-state index contributed by atoms with van der Waals surface area (Å²) in [7, 11) is 0. The molecule has 1 atom stereocenters. The number of nitrogens with two attached hydrogens (primary N) is 2. The summed E-state index contributed by atoms with van der Waals surface area (Å²) in [5, 5.41) is 12.6. The fraction of sp³-hybridized carbons (Fsp3) is 0.750. The van der Waals surface area contributed by atoms with Gasteiger partial charge >= 0.3 is 6.09 Å². The molecule has 0 fully saturated rings. The molecule has 0 aliphatic heterocycles. The summed E-state index contributed by atoms with van der Waals surface area (Å²) in [5.74, 6) is -0.797. The van der Waals surface area contributed by atoms with Gasteiger partial charge in [-0.1, -0.05) is 0 Å². The van der Waals surface area contributed by atoms with Crippen molar-refractivity contribution in [3.05, 3.63) is 10.1 Å². The zero-order chi connectivity index (χ0) is 17.3. The normalized spacial score (nSPS) is 13.3. The zero-order valence-corrected chi connectivity index (χ0v) is 13.0. The molecule has 0 bridgehead atoms. The van der Waals surface area contributed by atoms with E-state index in [9.17, 15) is 19.7 Å².